The van der Waals surface area contributed by atoms with Crippen molar-refractivity contribution in [3.8, 4) is 0 Å². The Labute approximate surface area is 208 Å². The number of Topliss-reactive ketones (excluding diaryl/α,β-unsaturated/α-hetero) is 1. The third kappa shape index (κ3) is 3.65. The summed E-state index contributed by atoms with van der Waals surface area (Å²) in [5, 5.41) is 31.9. The molecule has 4 aliphatic rings. The average molecular weight is 478 g/mol. The number of aliphatic hydroxyl groups excluding tert-OH is 2. The molecule has 9 nitrogen and oxygen atoms in total. The Bertz CT molecular complexity index is 942. The van der Waals surface area contributed by atoms with Crippen LogP contribution < -0.4 is 34.5 Å². The molecule has 0 amide bonds. The Morgan fingerprint density at radius 2 is 1.97 bits per heavy atom. The summed E-state index contributed by atoms with van der Waals surface area (Å²) in [5.74, 6) is -2.22. The summed E-state index contributed by atoms with van der Waals surface area (Å²) in [6.45, 7) is 2.68. The van der Waals surface area contributed by atoms with Crippen LogP contribution >= 0.6 is 7.82 Å². The molecule has 32 heavy (non-hydrogen) atoms. The zero-order valence-corrected chi connectivity index (χ0v) is 21.4. The SMILES string of the molecule is C[C@@]12C(=CC(=O)C=C1OP(=O)([O-])O)CC[C@@H]1[C@@H]2[C@@H](O)C[C@@]2(C)[C@H]1CC[C@]2(O)C(=O)CO.[Na+]. The second-order valence-corrected chi connectivity index (χ2v) is 11.0. The van der Waals surface area contributed by atoms with E-state index in [0.717, 1.165) is 6.08 Å². The number of ketones is 2. The van der Waals surface area contributed by atoms with Crippen LogP contribution in [0.1, 0.15) is 46.0 Å². The first-order chi connectivity index (χ1) is 14.3. The number of carbonyl (C=O) groups is 2. The van der Waals surface area contributed by atoms with Crippen LogP contribution in [-0.4, -0.2) is 50.1 Å². The number of phosphoric acid groups is 1. The predicted molar refractivity (Wildman–Crippen MR) is 105 cm³/mol. The van der Waals surface area contributed by atoms with Crippen LogP contribution in [0.5, 0.6) is 0 Å². The molecule has 0 aromatic rings. The molecule has 0 spiro atoms. The Balaban J connectivity index is 0.00000289. The van der Waals surface area contributed by atoms with Gasteiger partial charge in [0, 0.05) is 17.4 Å². The monoisotopic (exact) mass is 478 g/mol. The van der Waals surface area contributed by atoms with Crippen molar-refractivity contribution in [1.29, 1.82) is 0 Å². The summed E-state index contributed by atoms with van der Waals surface area (Å²) in [7, 11) is -5.20. The van der Waals surface area contributed by atoms with Crippen molar-refractivity contribution in [2.75, 3.05) is 6.61 Å². The number of carbonyl (C=O) groups excluding carboxylic acids is 2. The predicted octanol–water partition coefficient (Wildman–Crippen LogP) is -2.63. The van der Waals surface area contributed by atoms with Crippen molar-refractivity contribution in [1.82, 2.24) is 0 Å². The molecule has 0 aromatic heterocycles. The van der Waals surface area contributed by atoms with Gasteiger partial charge in [0.05, 0.1) is 11.5 Å². The first-order valence-electron chi connectivity index (χ1n) is 10.5. The molecule has 4 rings (SSSR count). The van der Waals surface area contributed by atoms with Crippen LogP contribution in [0, 0.1) is 28.6 Å². The minimum atomic E-state index is -5.20. The van der Waals surface area contributed by atoms with E-state index in [2.05, 4.69) is 0 Å². The van der Waals surface area contributed by atoms with Crippen molar-refractivity contribution >= 4 is 19.4 Å². The van der Waals surface area contributed by atoms with Crippen LogP contribution in [-0.2, 0) is 18.7 Å². The fourth-order valence-electron chi connectivity index (χ4n) is 7.24. The third-order valence-electron chi connectivity index (χ3n) is 8.61. The zero-order valence-electron chi connectivity index (χ0n) is 18.5. The van der Waals surface area contributed by atoms with Crippen LogP contribution in [0.4, 0.5) is 0 Å². The Hall–Kier alpha value is -0.350. The number of hydrogen-bond acceptors (Lipinski definition) is 8. The van der Waals surface area contributed by atoms with Gasteiger partial charge in [0.25, 0.3) is 0 Å². The topological polar surface area (TPSA) is 164 Å². The van der Waals surface area contributed by atoms with E-state index in [0.29, 0.717) is 24.8 Å². The number of rotatable bonds is 4. The first kappa shape index (κ1) is 26.3. The van der Waals surface area contributed by atoms with E-state index in [-0.39, 0.29) is 60.0 Å². The van der Waals surface area contributed by atoms with Crippen molar-refractivity contribution < 1.29 is 73.3 Å². The first-order valence-corrected chi connectivity index (χ1v) is 12.0. The molecule has 4 aliphatic carbocycles. The van der Waals surface area contributed by atoms with Crippen LogP contribution in [0.15, 0.2) is 23.5 Å². The summed E-state index contributed by atoms with van der Waals surface area (Å²) in [5.41, 5.74) is -3.21. The third-order valence-corrected chi connectivity index (χ3v) is 9.03. The summed E-state index contributed by atoms with van der Waals surface area (Å²) in [4.78, 5) is 45.5. The Kier molecular flexibility index (Phi) is 6.89. The summed E-state index contributed by atoms with van der Waals surface area (Å²) in [6, 6.07) is 0. The average Bonchev–Trinajstić information content (AvgIpc) is 2.92. The van der Waals surface area contributed by atoms with Gasteiger partial charge < -0.3 is 29.6 Å². The standard InChI is InChI=1S/C21H29O9P.Na/c1-19-9-15(24)18-13(14(19)5-6-21(19,26)16(25)10-22)4-3-11-7-12(23)8-17(20(11,18)2)30-31(27,28)29;/h7-8,13-15,18,22,24,26H,3-6,9-10H2,1-2H3,(H2,27,28,29);/q;+1/p-1/t13-,14-,15-,18+,19-,20+,21-;/m0./s1. The van der Waals surface area contributed by atoms with Gasteiger partial charge in [-0.2, -0.15) is 0 Å². The normalized spacial score (nSPS) is 44.7. The second kappa shape index (κ2) is 8.40. The molecule has 0 radical (unpaired) electrons. The van der Waals surface area contributed by atoms with E-state index in [1.165, 1.54) is 6.08 Å². The van der Waals surface area contributed by atoms with Crippen LogP contribution in [0.2, 0.25) is 0 Å². The van der Waals surface area contributed by atoms with Gasteiger partial charge >= 0.3 is 37.4 Å². The van der Waals surface area contributed by atoms with Gasteiger partial charge in [0.1, 0.15) is 18.0 Å². The van der Waals surface area contributed by atoms with Crippen LogP contribution in [0.25, 0.3) is 0 Å². The molecule has 11 heteroatoms. The largest absolute Gasteiger partial charge is 1.00 e. The molecular weight excluding hydrogens is 450 g/mol. The smallest absolute Gasteiger partial charge is 0.746 e. The summed E-state index contributed by atoms with van der Waals surface area (Å²) >= 11 is 0. The number of phosphoric ester groups is 1. The zero-order chi connectivity index (χ0) is 23.0. The fraction of sp³-hybridized carbons (Fsp3) is 0.714. The van der Waals surface area contributed by atoms with Gasteiger partial charge in [0.2, 0.25) is 0 Å². The van der Waals surface area contributed by atoms with Crippen LogP contribution in [0.3, 0.4) is 0 Å². The second-order valence-electron chi connectivity index (χ2n) is 9.85. The molecule has 0 aromatic carbocycles. The van der Waals surface area contributed by atoms with Gasteiger partial charge in [-0.3, -0.25) is 14.2 Å². The van der Waals surface area contributed by atoms with Crippen molar-refractivity contribution in [3.05, 3.63) is 23.5 Å². The molecule has 4 N–H and O–H groups in total. The number of allylic oxidation sites excluding steroid dienone is 3. The maximum absolute atomic E-state index is 12.4. The molecule has 0 bridgehead atoms. The number of hydrogen-bond donors (Lipinski definition) is 4. The number of aliphatic hydroxyl groups is 3. The Morgan fingerprint density at radius 3 is 2.56 bits per heavy atom. The molecule has 3 fully saturated rings. The van der Waals surface area contributed by atoms with E-state index in [1.54, 1.807) is 13.8 Å². The van der Waals surface area contributed by atoms with Gasteiger partial charge in [-0.25, -0.2) is 0 Å². The molecule has 8 atom stereocenters. The molecule has 0 saturated heterocycles. The number of fused-ring (bicyclic) bond motifs is 5. The summed E-state index contributed by atoms with van der Waals surface area (Å²) in [6.07, 6.45) is 3.21. The molecule has 172 valence electrons. The van der Waals surface area contributed by atoms with Crippen molar-refractivity contribution in [2.45, 2.75) is 57.7 Å². The molecular formula is C21H28NaO9P. The maximum atomic E-state index is 12.4. The quantitative estimate of drug-likeness (QED) is 0.250. The fourth-order valence-corrected chi connectivity index (χ4v) is 7.73. The van der Waals surface area contributed by atoms with E-state index in [4.69, 9.17) is 4.52 Å². The van der Waals surface area contributed by atoms with Gasteiger partial charge in [-0.05, 0) is 56.9 Å². The van der Waals surface area contributed by atoms with Crippen molar-refractivity contribution in [3.63, 3.8) is 0 Å². The summed E-state index contributed by atoms with van der Waals surface area (Å²) < 4.78 is 16.4. The van der Waals surface area contributed by atoms with E-state index in [9.17, 15) is 39.3 Å². The Morgan fingerprint density at radius 1 is 1.31 bits per heavy atom. The van der Waals surface area contributed by atoms with E-state index >= 15 is 0 Å². The molecule has 3 saturated carbocycles. The van der Waals surface area contributed by atoms with Gasteiger partial charge in [-0.1, -0.05) is 12.5 Å². The minimum Gasteiger partial charge on any atom is -0.746 e. The van der Waals surface area contributed by atoms with Gasteiger partial charge in [0.15, 0.2) is 11.6 Å². The molecule has 0 heterocycles. The van der Waals surface area contributed by atoms with E-state index in [1.807, 2.05) is 0 Å². The van der Waals surface area contributed by atoms with E-state index < -0.39 is 54.4 Å². The molecule has 0 aliphatic heterocycles. The minimum absolute atomic E-state index is 0. The maximum Gasteiger partial charge on any atom is 1.00 e. The van der Waals surface area contributed by atoms with Crippen molar-refractivity contribution in [2.24, 2.45) is 28.6 Å². The molecule has 1 unspecified atom stereocenters. The van der Waals surface area contributed by atoms with Gasteiger partial charge in [-0.15, -0.1) is 0 Å².